The van der Waals surface area contributed by atoms with Gasteiger partial charge < -0.3 is 4.74 Å². The fraction of sp³-hybridized carbons (Fsp3) is 0.423. The van der Waals surface area contributed by atoms with Crippen LogP contribution in [-0.2, 0) is 37.0 Å². The highest BCUT2D eigenvalue weighted by Gasteiger charge is 2.52. The van der Waals surface area contributed by atoms with E-state index >= 15 is 0 Å². The van der Waals surface area contributed by atoms with Crippen LogP contribution in [0.2, 0.25) is 0 Å². The maximum Gasteiger partial charge on any atom is 0.313 e. The van der Waals surface area contributed by atoms with E-state index in [1.54, 1.807) is 42.5 Å². The lowest BCUT2D eigenvalue weighted by molar-refractivity contribution is -0.156. The van der Waals surface area contributed by atoms with Crippen molar-refractivity contribution in [3.8, 4) is 0 Å². The number of esters is 1. The second kappa shape index (κ2) is 9.19. The molecule has 0 saturated heterocycles. The number of aromatic nitrogens is 1. The van der Waals surface area contributed by atoms with Crippen molar-refractivity contribution in [2.45, 2.75) is 62.6 Å². The van der Waals surface area contributed by atoms with Crippen molar-refractivity contribution in [1.29, 1.82) is 0 Å². The Labute approximate surface area is 209 Å². The first-order chi connectivity index (χ1) is 16.5. The lowest BCUT2D eigenvalue weighted by Gasteiger charge is -2.42. The minimum Gasteiger partial charge on any atom is -0.469 e. The standard InChI is InChI=1S/C26H32N2O5S2/c1-6-26(24(29)33-5)17-16-21-22(23(26)27-34(30)25(2,3)4)19-14-10-11-15-20(19)28(21)35(31,32)18-12-8-7-9-13-18/h7-15,23,27H,6,16-17H2,1-5H3/t23-,26+,34-/m1/s1. The summed E-state index contributed by atoms with van der Waals surface area (Å²) in [4.78, 5) is 13.4. The van der Waals surface area contributed by atoms with Crippen molar-refractivity contribution in [2.24, 2.45) is 5.41 Å². The van der Waals surface area contributed by atoms with Crippen molar-refractivity contribution < 1.29 is 22.2 Å². The summed E-state index contributed by atoms with van der Waals surface area (Å²) in [6.07, 6.45) is 1.17. The van der Waals surface area contributed by atoms with Gasteiger partial charge in [-0.3, -0.25) is 4.79 Å². The molecule has 7 nitrogen and oxygen atoms in total. The van der Waals surface area contributed by atoms with E-state index in [2.05, 4.69) is 4.72 Å². The highest BCUT2D eigenvalue weighted by Crippen LogP contribution is 2.51. The molecule has 1 heterocycles. The van der Waals surface area contributed by atoms with Crippen molar-refractivity contribution >= 4 is 37.9 Å². The molecule has 188 valence electrons. The van der Waals surface area contributed by atoms with Crippen molar-refractivity contribution in [2.75, 3.05) is 7.11 Å². The Morgan fingerprint density at radius 3 is 2.37 bits per heavy atom. The van der Waals surface area contributed by atoms with Crippen molar-refractivity contribution in [3.63, 3.8) is 0 Å². The molecule has 0 unspecified atom stereocenters. The Balaban J connectivity index is 2.05. The van der Waals surface area contributed by atoms with E-state index in [0.717, 1.165) is 0 Å². The van der Waals surface area contributed by atoms with E-state index < -0.39 is 43.2 Å². The molecule has 0 radical (unpaired) electrons. The Kier molecular flexibility index (Phi) is 6.72. The number of nitrogens with one attached hydrogen (secondary N) is 1. The molecule has 0 aliphatic heterocycles. The summed E-state index contributed by atoms with van der Waals surface area (Å²) in [7, 11) is -4.08. The summed E-state index contributed by atoms with van der Waals surface area (Å²) < 4.78 is 50.4. The van der Waals surface area contributed by atoms with Gasteiger partial charge in [-0.25, -0.2) is 21.3 Å². The summed E-state index contributed by atoms with van der Waals surface area (Å²) in [5.41, 5.74) is 0.836. The van der Waals surface area contributed by atoms with Crippen LogP contribution >= 0.6 is 0 Å². The first kappa shape index (κ1) is 25.6. The predicted molar refractivity (Wildman–Crippen MR) is 138 cm³/mol. The number of benzene rings is 2. The minimum atomic E-state index is -3.92. The van der Waals surface area contributed by atoms with Gasteiger partial charge in [-0.2, -0.15) is 0 Å². The molecule has 35 heavy (non-hydrogen) atoms. The number of nitrogens with zero attached hydrogens (tertiary/aromatic N) is 1. The van der Waals surface area contributed by atoms with Crippen LogP contribution in [0.4, 0.5) is 0 Å². The fourth-order valence-corrected chi connectivity index (χ4v) is 7.51. The molecule has 0 spiro atoms. The number of methoxy groups -OCH3 is 1. The predicted octanol–water partition coefficient (Wildman–Crippen LogP) is 4.49. The van der Waals surface area contributed by atoms with E-state index in [4.69, 9.17) is 4.74 Å². The summed E-state index contributed by atoms with van der Waals surface area (Å²) in [5.74, 6) is -0.392. The molecule has 1 aliphatic carbocycles. The smallest absolute Gasteiger partial charge is 0.313 e. The monoisotopic (exact) mass is 516 g/mol. The molecule has 2 aromatic carbocycles. The summed E-state index contributed by atoms with van der Waals surface area (Å²) >= 11 is 0. The number of fused-ring (bicyclic) bond motifs is 3. The number of ether oxygens (including phenoxy) is 1. The van der Waals surface area contributed by atoms with Crippen LogP contribution in [-0.4, -0.2) is 34.4 Å². The van der Waals surface area contributed by atoms with Gasteiger partial charge in [0.05, 0.1) is 44.7 Å². The Morgan fingerprint density at radius 1 is 1.14 bits per heavy atom. The van der Waals surface area contributed by atoms with E-state index in [9.17, 15) is 17.4 Å². The quantitative estimate of drug-likeness (QED) is 0.487. The molecule has 1 aromatic heterocycles. The van der Waals surface area contributed by atoms with Crippen LogP contribution in [0.1, 0.15) is 57.8 Å². The van der Waals surface area contributed by atoms with Crippen LogP contribution in [0.5, 0.6) is 0 Å². The van der Waals surface area contributed by atoms with E-state index in [-0.39, 0.29) is 4.90 Å². The second-order valence-electron chi connectivity index (χ2n) is 9.89. The highest BCUT2D eigenvalue weighted by atomic mass is 32.2. The Bertz CT molecular complexity index is 1390. The number of para-hydroxylation sites is 1. The van der Waals surface area contributed by atoms with Crippen LogP contribution in [0, 0.1) is 5.41 Å². The number of carbonyl (C=O) groups is 1. The topological polar surface area (TPSA) is 94.5 Å². The zero-order valence-corrected chi connectivity index (χ0v) is 22.3. The molecule has 0 amide bonds. The van der Waals surface area contributed by atoms with Gasteiger partial charge in [0, 0.05) is 16.6 Å². The number of hydrogen-bond acceptors (Lipinski definition) is 5. The largest absolute Gasteiger partial charge is 0.469 e. The molecule has 3 atom stereocenters. The highest BCUT2D eigenvalue weighted by molar-refractivity contribution is 7.90. The van der Waals surface area contributed by atoms with Gasteiger partial charge in [-0.15, -0.1) is 0 Å². The number of carbonyl (C=O) groups excluding carboxylic acids is 1. The number of rotatable bonds is 6. The van der Waals surface area contributed by atoms with E-state index in [1.165, 1.54) is 11.1 Å². The maximum absolute atomic E-state index is 13.9. The Hall–Kier alpha value is -2.49. The third-order valence-corrected chi connectivity index (χ3v) is 10.2. The average Bonchev–Trinajstić information content (AvgIpc) is 3.19. The molecular weight excluding hydrogens is 484 g/mol. The second-order valence-corrected chi connectivity index (χ2v) is 13.7. The third kappa shape index (κ3) is 4.13. The SMILES string of the molecule is CC[C@]1(C(=O)OC)CCc2c(c3ccccc3n2S(=O)(=O)c2ccccc2)[C@H]1N[S@](=O)C(C)(C)C. The minimum absolute atomic E-state index is 0.187. The third-order valence-electron chi connectivity index (χ3n) is 6.90. The maximum atomic E-state index is 13.9. The van der Waals surface area contributed by atoms with Crippen molar-refractivity contribution in [1.82, 2.24) is 8.69 Å². The normalized spacial score (nSPS) is 21.5. The van der Waals surface area contributed by atoms with Crippen LogP contribution in [0.3, 0.4) is 0 Å². The average molecular weight is 517 g/mol. The van der Waals surface area contributed by atoms with Gasteiger partial charge in [0.25, 0.3) is 10.0 Å². The van der Waals surface area contributed by atoms with Crippen LogP contribution in [0.15, 0.2) is 59.5 Å². The van der Waals surface area contributed by atoms with Gasteiger partial charge >= 0.3 is 5.97 Å². The van der Waals surface area contributed by atoms with Crippen LogP contribution < -0.4 is 4.72 Å². The van der Waals surface area contributed by atoms with E-state index in [0.29, 0.717) is 41.4 Å². The molecular formula is C26H32N2O5S2. The lowest BCUT2D eigenvalue weighted by Crippen LogP contribution is -2.50. The molecule has 1 N–H and O–H groups in total. The molecule has 0 saturated carbocycles. The molecule has 3 aromatic rings. The fourth-order valence-electron chi connectivity index (χ4n) is 4.99. The zero-order chi connectivity index (χ0) is 25.6. The van der Waals surface area contributed by atoms with Gasteiger partial charge in [-0.1, -0.05) is 43.3 Å². The van der Waals surface area contributed by atoms with Gasteiger partial charge in [0.2, 0.25) is 0 Å². The molecule has 4 rings (SSSR count). The lowest BCUT2D eigenvalue weighted by atomic mass is 9.67. The summed E-state index contributed by atoms with van der Waals surface area (Å²) in [5, 5.41) is 0.715. The first-order valence-corrected chi connectivity index (χ1v) is 14.3. The number of hydrogen-bond donors (Lipinski definition) is 1. The van der Waals surface area contributed by atoms with Gasteiger partial charge in [0.15, 0.2) is 0 Å². The molecule has 1 aliphatic rings. The zero-order valence-electron chi connectivity index (χ0n) is 20.7. The Morgan fingerprint density at radius 2 is 1.77 bits per heavy atom. The summed E-state index contributed by atoms with van der Waals surface area (Å²) in [6.45, 7) is 7.48. The first-order valence-electron chi connectivity index (χ1n) is 11.7. The molecule has 0 bridgehead atoms. The molecule has 9 heteroatoms. The molecule has 0 fully saturated rings. The van der Waals surface area contributed by atoms with Gasteiger partial charge in [0.1, 0.15) is 0 Å². The van der Waals surface area contributed by atoms with Crippen molar-refractivity contribution in [3.05, 3.63) is 65.9 Å². The van der Waals surface area contributed by atoms with Crippen LogP contribution in [0.25, 0.3) is 10.9 Å². The van der Waals surface area contributed by atoms with Gasteiger partial charge in [-0.05, 0) is 58.2 Å². The van der Waals surface area contributed by atoms with E-state index in [1.807, 2.05) is 39.8 Å². The summed E-state index contributed by atoms with van der Waals surface area (Å²) in [6, 6.07) is 14.9.